The third-order valence-corrected chi connectivity index (χ3v) is 1.75. The van der Waals surface area contributed by atoms with Crippen molar-refractivity contribution in [2.24, 2.45) is 0 Å². The van der Waals surface area contributed by atoms with E-state index in [1.807, 2.05) is 0 Å². The van der Waals surface area contributed by atoms with Gasteiger partial charge in [-0.15, -0.1) is 0 Å². The van der Waals surface area contributed by atoms with Crippen molar-refractivity contribution < 1.29 is 14.7 Å². The number of hydrogen-bond acceptors (Lipinski definition) is 3. The van der Waals surface area contributed by atoms with Gasteiger partial charge >= 0.3 is 11.7 Å². The van der Waals surface area contributed by atoms with Crippen LogP contribution in [0.4, 0.5) is 0 Å². The zero-order chi connectivity index (χ0) is 11.4. The molecule has 1 aromatic rings. The van der Waals surface area contributed by atoms with Crippen molar-refractivity contribution in [1.29, 1.82) is 0 Å². The lowest BCUT2D eigenvalue weighted by Crippen LogP contribution is -2.41. The van der Waals surface area contributed by atoms with Gasteiger partial charge in [0.1, 0.15) is 6.04 Å². The normalized spacial score (nSPS) is 12.1. The van der Waals surface area contributed by atoms with Crippen molar-refractivity contribution in [2.45, 2.75) is 19.4 Å². The van der Waals surface area contributed by atoms with E-state index in [0.717, 1.165) is 0 Å². The molecule has 7 nitrogen and oxygen atoms in total. The summed E-state index contributed by atoms with van der Waals surface area (Å²) in [5.41, 5.74) is 0.0260. The zero-order valence-electron chi connectivity index (χ0n) is 8.03. The highest BCUT2D eigenvalue weighted by atomic mass is 16.4. The highest BCUT2D eigenvalue weighted by molar-refractivity contribution is 5.82. The number of nitrogens with one attached hydrogen (secondary N) is 3. The third kappa shape index (κ3) is 3.29. The van der Waals surface area contributed by atoms with Crippen molar-refractivity contribution in [1.82, 2.24) is 15.3 Å². The smallest absolute Gasteiger partial charge is 0.326 e. The van der Waals surface area contributed by atoms with Crippen LogP contribution in [0.5, 0.6) is 0 Å². The minimum Gasteiger partial charge on any atom is -0.480 e. The van der Waals surface area contributed by atoms with E-state index in [1.165, 1.54) is 13.1 Å². The first kappa shape index (κ1) is 11.0. The first-order valence-corrected chi connectivity index (χ1v) is 4.25. The molecule has 82 valence electrons. The van der Waals surface area contributed by atoms with E-state index in [0.29, 0.717) is 5.69 Å². The molecule has 0 aliphatic heterocycles. The molecular formula is C8H11N3O4. The first-order chi connectivity index (χ1) is 6.99. The fourth-order valence-corrected chi connectivity index (χ4v) is 1.15. The molecule has 0 bridgehead atoms. The molecule has 0 spiro atoms. The van der Waals surface area contributed by atoms with Crippen LogP contribution in [0.1, 0.15) is 12.6 Å². The van der Waals surface area contributed by atoms with Crippen LogP contribution in [0.25, 0.3) is 0 Å². The van der Waals surface area contributed by atoms with E-state index in [9.17, 15) is 14.4 Å². The van der Waals surface area contributed by atoms with Crippen LogP contribution in [0.2, 0.25) is 0 Å². The van der Waals surface area contributed by atoms with Gasteiger partial charge in [0.15, 0.2) is 0 Å². The summed E-state index contributed by atoms with van der Waals surface area (Å²) in [5, 5.41) is 11.0. The molecule has 0 aliphatic carbocycles. The average molecular weight is 213 g/mol. The van der Waals surface area contributed by atoms with Crippen LogP contribution >= 0.6 is 0 Å². The largest absolute Gasteiger partial charge is 0.480 e. The minimum absolute atomic E-state index is 0.0354. The number of aromatic amines is 2. The second-order valence-corrected chi connectivity index (χ2v) is 3.06. The van der Waals surface area contributed by atoms with E-state index in [1.54, 1.807) is 0 Å². The lowest BCUT2D eigenvalue weighted by molar-refractivity contribution is -0.141. The van der Waals surface area contributed by atoms with Gasteiger partial charge < -0.3 is 20.4 Å². The highest BCUT2D eigenvalue weighted by Gasteiger charge is 2.19. The molecular weight excluding hydrogens is 202 g/mol. The van der Waals surface area contributed by atoms with Gasteiger partial charge in [-0.1, -0.05) is 0 Å². The molecule has 1 heterocycles. The predicted molar refractivity (Wildman–Crippen MR) is 50.4 cm³/mol. The molecule has 0 saturated carbocycles. The maximum Gasteiger partial charge on any atom is 0.326 e. The van der Waals surface area contributed by atoms with Gasteiger partial charge in [0.05, 0.1) is 0 Å². The van der Waals surface area contributed by atoms with Crippen molar-refractivity contribution in [3.05, 3.63) is 22.4 Å². The van der Waals surface area contributed by atoms with Crippen LogP contribution in [0.3, 0.4) is 0 Å². The van der Waals surface area contributed by atoms with E-state index in [2.05, 4.69) is 15.3 Å². The summed E-state index contributed by atoms with van der Waals surface area (Å²) in [4.78, 5) is 36.9. The summed E-state index contributed by atoms with van der Waals surface area (Å²) < 4.78 is 0. The Hall–Kier alpha value is -2.05. The number of carbonyl (C=O) groups excluding carboxylic acids is 1. The van der Waals surface area contributed by atoms with Crippen LogP contribution in [0.15, 0.2) is 11.0 Å². The molecule has 1 amide bonds. The Labute approximate surface area is 84.5 Å². The van der Waals surface area contributed by atoms with Crippen molar-refractivity contribution in [3.63, 3.8) is 0 Å². The number of imidazole rings is 1. The number of hydrogen-bond donors (Lipinski definition) is 4. The Kier molecular flexibility index (Phi) is 3.27. The van der Waals surface area contributed by atoms with Crippen LogP contribution in [0, 0.1) is 0 Å². The summed E-state index contributed by atoms with van der Waals surface area (Å²) in [7, 11) is 0. The molecule has 1 aromatic heterocycles. The van der Waals surface area contributed by atoms with E-state index in [4.69, 9.17) is 5.11 Å². The Balaban J connectivity index is 2.70. The molecule has 0 aliphatic rings. The van der Waals surface area contributed by atoms with Gasteiger partial charge in [0.25, 0.3) is 0 Å². The number of aliphatic carboxylic acids is 1. The topological polar surface area (TPSA) is 115 Å². The number of carboxylic acids is 1. The number of aromatic nitrogens is 2. The van der Waals surface area contributed by atoms with Crippen LogP contribution in [-0.4, -0.2) is 33.0 Å². The van der Waals surface area contributed by atoms with Gasteiger partial charge in [0, 0.05) is 25.2 Å². The Morgan fingerprint density at radius 2 is 2.27 bits per heavy atom. The molecule has 1 atom stereocenters. The van der Waals surface area contributed by atoms with E-state index >= 15 is 0 Å². The molecule has 0 radical (unpaired) electrons. The monoisotopic (exact) mass is 213 g/mol. The highest BCUT2D eigenvalue weighted by Crippen LogP contribution is 1.96. The fraction of sp³-hybridized carbons (Fsp3) is 0.375. The van der Waals surface area contributed by atoms with Crippen molar-refractivity contribution >= 4 is 11.9 Å². The predicted octanol–water partition coefficient (Wildman–Crippen LogP) is -1.17. The molecule has 15 heavy (non-hydrogen) atoms. The summed E-state index contributed by atoms with van der Waals surface area (Å²) in [6.07, 6.45) is 1.41. The van der Waals surface area contributed by atoms with Crippen LogP contribution < -0.4 is 11.0 Å². The maximum absolute atomic E-state index is 10.7. The molecule has 4 N–H and O–H groups in total. The number of rotatable bonds is 4. The van der Waals surface area contributed by atoms with Gasteiger partial charge in [-0.2, -0.15) is 0 Å². The van der Waals surface area contributed by atoms with Crippen LogP contribution in [-0.2, 0) is 16.0 Å². The van der Waals surface area contributed by atoms with E-state index in [-0.39, 0.29) is 6.42 Å². The lowest BCUT2D eigenvalue weighted by Gasteiger charge is -2.11. The zero-order valence-corrected chi connectivity index (χ0v) is 8.03. The molecule has 7 heteroatoms. The quantitative estimate of drug-likeness (QED) is 0.504. The summed E-state index contributed by atoms with van der Waals surface area (Å²) in [6, 6.07) is -1.03. The van der Waals surface area contributed by atoms with Gasteiger partial charge in [0.2, 0.25) is 5.91 Å². The second-order valence-electron chi connectivity index (χ2n) is 3.06. The minimum atomic E-state index is -1.15. The standard InChI is InChI=1S/C8H11N3O4/c1-4(12)10-6(7(13)14)2-5-3-9-8(15)11-5/h3,6H,2H2,1H3,(H,10,12)(H,13,14)(H2,9,11,15)/t6-/m1/s1. The number of H-pyrrole nitrogens is 2. The van der Waals surface area contributed by atoms with Gasteiger partial charge in [-0.25, -0.2) is 9.59 Å². The Morgan fingerprint density at radius 3 is 2.67 bits per heavy atom. The maximum atomic E-state index is 10.7. The Bertz CT molecular complexity index is 420. The number of carboxylic acid groups (broad SMARTS) is 1. The molecule has 0 unspecified atom stereocenters. The molecule has 1 rings (SSSR count). The first-order valence-electron chi connectivity index (χ1n) is 4.25. The second kappa shape index (κ2) is 4.45. The fourth-order valence-electron chi connectivity index (χ4n) is 1.15. The lowest BCUT2D eigenvalue weighted by atomic mass is 10.1. The van der Waals surface area contributed by atoms with Crippen molar-refractivity contribution in [2.75, 3.05) is 0 Å². The summed E-state index contributed by atoms with van der Waals surface area (Å²) in [5.74, 6) is -1.58. The van der Waals surface area contributed by atoms with Gasteiger partial charge in [-0.3, -0.25) is 4.79 Å². The van der Waals surface area contributed by atoms with E-state index < -0.39 is 23.6 Å². The summed E-state index contributed by atoms with van der Waals surface area (Å²) in [6.45, 7) is 1.23. The molecule has 0 aromatic carbocycles. The molecule has 0 saturated heterocycles. The summed E-state index contributed by atoms with van der Waals surface area (Å²) >= 11 is 0. The van der Waals surface area contributed by atoms with Gasteiger partial charge in [-0.05, 0) is 0 Å². The SMILES string of the molecule is CC(=O)N[C@H](Cc1c[nH]c(=O)[nH]1)C(=O)O. The number of carbonyl (C=O) groups is 2. The third-order valence-electron chi connectivity index (χ3n) is 1.75. The Morgan fingerprint density at radius 1 is 1.60 bits per heavy atom. The molecule has 0 fully saturated rings. The van der Waals surface area contributed by atoms with Crippen molar-refractivity contribution in [3.8, 4) is 0 Å². The average Bonchev–Trinajstić information content (AvgIpc) is 2.49. The number of amides is 1.